The molecule has 0 aliphatic heterocycles. The van der Waals surface area contributed by atoms with Gasteiger partial charge in [-0.2, -0.15) is 13.2 Å². The number of aliphatic hydroxyl groups is 1. The summed E-state index contributed by atoms with van der Waals surface area (Å²) in [6.45, 7) is 0. The maximum atomic E-state index is 11.7. The molecule has 0 amide bonds. The number of ether oxygens (including phenoxy) is 2. The summed E-state index contributed by atoms with van der Waals surface area (Å²) in [5.74, 6) is 0. The Labute approximate surface area is 61.7 Å². The Kier molecular flexibility index (Phi) is 3.77. The van der Waals surface area contributed by atoms with Crippen LogP contribution in [0.25, 0.3) is 0 Å². The summed E-state index contributed by atoms with van der Waals surface area (Å²) in [6, 6.07) is 0. The standard InChI is InChI=1S/C5H9F3O3/c1-10-4(11-2)3(9)5(6,7)8/h3-4,9H,1-2H3/t3-/m0/s1. The highest BCUT2D eigenvalue weighted by molar-refractivity contribution is 4.68. The van der Waals surface area contributed by atoms with Gasteiger partial charge in [0.2, 0.25) is 6.10 Å². The number of aliphatic hydroxyl groups excluding tert-OH is 1. The molecule has 0 aromatic heterocycles. The topological polar surface area (TPSA) is 38.7 Å². The second-order valence-corrected chi connectivity index (χ2v) is 1.83. The molecular formula is C5H9F3O3. The first-order chi connectivity index (χ1) is 4.93. The van der Waals surface area contributed by atoms with Crippen LogP contribution in [-0.2, 0) is 9.47 Å². The lowest BCUT2D eigenvalue weighted by Gasteiger charge is -2.21. The number of hydrogen-bond donors (Lipinski definition) is 1. The average molecular weight is 174 g/mol. The second kappa shape index (κ2) is 3.89. The highest BCUT2D eigenvalue weighted by Crippen LogP contribution is 2.23. The normalized spacial score (nSPS) is 15.5. The molecule has 0 aliphatic carbocycles. The summed E-state index contributed by atoms with van der Waals surface area (Å²) >= 11 is 0. The Hall–Kier alpha value is -0.330. The summed E-state index contributed by atoms with van der Waals surface area (Å²) in [7, 11) is 2.03. The lowest BCUT2D eigenvalue weighted by molar-refractivity contribution is -0.278. The van der Waals surface area contributed by atoms with E-state index in [9.17, 15) is 13.2 Å². The SMILES string of the molecule is COC(OC)[C@H](O)C(F)(F)F. The van der Waals surface area contributed by atoms with Gasteiger partial charge in [-0.25, -0.2) is 0 Å². The fourth-order valence-corrected chi connectivity index (χ4v) is 0.508. The molecule has 0 rings (SSSR count). The molecule has 0 spiro atoms. The first kappa shape index (κ1) is 10.7. The van der Waals surface area contributed by atoms with Crippen molar-refractivity contribution in [3.05, 3.63) is 0 Å². The minimum atomic E-state index is -4.71. The molecular weight excluding hydrogens is 165 g/mol. The lowest BCUT2D eigenvalue weighted by Crippen LogP contribution is -2.41. The van der Waals surface area contributed by atoms with Crippen molar-refractivity contribution in [1.29, 1.82) is 0 Å². The summed E-state index contributed by atoms with van der Waals surface area (Å²) < 4.78 is 43.4. The van der Waals surface area contributed by atoms with Crippen LogP contribution in [-0.4, -0.2) is 37.9 Å². The van der Waals surface area contributed by atoms with Gasteiger partial charge in [-0.3, -0.25) is 0 Å². The Morgan fingerprint density at radius 1 is 1.18 bits per heavy atom. The van der Waals surface area contributed by atoms with E-state index in [4.69, 9.17) is 5.11 Å². The van der Waals surface area contributed by atoms with Crippen LogP contribution in [0.2, 0.25) is 0 Å². The van der Waals surface area contributed by atoms with Crippen molar-refractivity contribution in [2.24, 2.45) is 0 Å². The van der Waals surface area contributed by atoms with Crippen LogP contribution in [0.15, 0.2) is 0 Å². The predicted octanol–water partition coefficient (Wildman–Crippen LogP) is 0.528. The van der Waals surface area contributed by atoms with Gasteiger partial charge in [-0.15, -0.1) is 0 Å². The number of methoxy groups -OCH3 is 2. The Morgan fingerprint density at radius 2 is 1.55 bits per heavy atom. The third-order valence-corrected chi connectivity index (χ3v) is 1.06. The third-order valence-electron chi connectivity index (χ3n) is 1.06. The second-order valence-electron chi connectivity index (χ2n) is 1.83. The van der Waals surface area contributed by atoms with E-state index < -0.39 is 18.6 Å². The maximum Gasteiger partial charge on any atom is 0.419 e. The van der Waals surface area contributed by atoms with Crippen molar-refractivity contribution in [2.75, 3.05) is 14.2 Å². The third kappa shape index (κ3) is 3.04. The molecule has 0 aliphatic rings. The lowest BCUT2D eigenvalue weighted by atomic mass is 10.3. The fourth-order valence-electron chi connectivity index (χ4n) is 0.508. The van der Waals surface area contributed by atoms with Gasteiger partial charge in [0, 0.05) is 14.2 Å². The molecule has 0 radical (unpaired) electrons. The van der Waals surface area contributed by atoms with E-state index in [1.165, 1.54) is 0 Å². The average Bonchev–Trinajstić information content (AvgIpc) is 1.88. The molecule has 1 N–H and O–H groups in total. The van der Waals surface area contributed by atoms with E-state index in [0.29, 0.717) is 0 Å². The van der Waals surface area contributed by atoms with Gasteiger partial charge in [0.15, 0.2) is 6.29 Å². The van der Waals surface area contributed by atoms with Crippen LogP contribution in [0.1, 0.15) is 0 Å². The van der Waals surface area contributed by atoms with Gasteiger partial charge >= 0.3 is 6.18 Å². The van der Waals surface area contributed by atoms with E-state index in [1.807, 2.05) is 0 Å². The van der Waals surface area contributed by atoms with Gasteiger partial charge in [-0.1, -0.05) is 0 Å². The van der Waals surface area contributed by atoms with Gasteiger partial charge < -0.3 is 14.6 Å². The molecule has 0 fully saturated rings. The van der Waals surface area contributed by atoms with Crippen LogP contribution in [0.4, 0.5) is 13.2 Å². The first-order valence-corrected chi connectivity index (χ1v) is 2.74. The monoisotopic (exact) mass is 174 g/mol. The van der Waals surface area contributed by atoms with Crippen LogP contribution in [0.5, 0.6) is 0 Å². The Balaban J connectivity index is 4.09. The van der Waals surface area contributed by atoms with Crippen molar-refractivity contribution in [3.63, 3.8) is 0 Å². The molecule has 0 heterocycles. The molecule has 0 bridgehead atoms. The largest absolute Gasteiger partial charge is 0.419 e. The minimum absolute atomic E-state index is 1.02. The summed E-state index contributed by atoms with van der Waals surface area (Å²) in [5.41, 5.74) is 0. The fraction of sp³-hybridized carbons (Fsp3) is 1.00. The quantitative estimate of drug-likeness (QED) is 0.634. The van der Waals surface area contributed by atoms with Crippen molar-refractivity contribution in [2.45, 2.75) is 18.6 Å². The zero-order valence-electron chi connectivity index (χ0n) is 6.05. The van der Waals surface area contributed by atoms with Crippen molar-refractivity contribution < 1.29 is 27.8 Å². The molecule has 0 saturated heterocycles. The van der Waals surface area contributed by atoms with Crippen molar-refractivity contribution in [1.82, 2.24) is 0 Å². The van der Waals surface area contributed by atoms with Gasteiger partial charge in [-0.05, 0) is 0 Å². The summed E-state index contributed by atoms with van der Waals surface area (Å²) in [6.07, 6.45) is -8.97. The van der Waals surface area contributed by atoms with Crippen LogP contribution in [0.3, 0.4) is 0 Å². The van der Waals surface area contributed by atoms with E-state index in [2.05, 4.69) is 9.47 Å². The molecule has 0 aromatic carbocycles. The number of halogens is 3. The Bertz CT molecular complexity index is 110. The van der Waals surface area contributed by atoms with Gasteiger partial charge in [0.25, 0.3) is 0 Å². The molecule has 68 valence electrons. The summed E-state index contributed by atoms with van der Waals surface area (Å²) in [5, 5.41) is 8.47. The number of rotatable bonds is 3. The summed E-state index contributed by atoms with van der Waals surface area (Å²) in [4.78, 5) is 0. The van der Waals surface area contributed by atoms with Crippen LogP contribution in [0, 0.1) is 0 Å². The Morgan fingerprint density at radius 3 is 1.64 bits per heavy atom. The van der Waals surface area contributed by atoms with Crippen LogP contribution >= 0.6 is 0 Å². The molecule has 1 atom stereocenters. The molecule has 0 unspecified atom stereocenters. The van der Waals surface area contributed by atoms with E-state index >= 15 is 0 Å². The van der Waals surface area contributed by atoms with E-state index in [0.717, 1.165) is 14.2 Å². The maximum absolute atomic E-state index is 11.7. The highest BCUT2D eigenvalue weighted by Gasteiger charge is 2.44. The van der Waals surface area contributed by atoms with Crippen molar-refractivity contribution in [3.8, 4) is 0 Å². The first-order valence-electron chi connectivity index (χ1n) is 2.74. The number of alkyl halides is 3. The van der Waals surface area contributed by atoms with Crippen molar-refractivity contribution >= 4 is 0 Å². The number of hydrogen-bond acceptors (Lipinski definition) is 3. The zero-order valence-corrected chi connectivity index (χ0v) is 6.05. The van der Waals surface area contributed by atoms with Gasteiger partial charge in [0.05, 0.1) is 0 Å². The molecule has 11 heavy (non-hydrogen) atoms. The molecule has 0 saturated carbocycles. The zero-order chi connectivity index (χ0) is 9.07. The predicted molar refractivity (Wildman–Crippen MR) is 29.9 cm³/mol. The molecule has 6 heteroatoms. The van der Waals surface area contributed by atoms with E-state index in [1.54, 1.807) is 0 Å². The smallest absolute Gasteiger partial charge is 0.380 e. The minimum Gasteiger partial charge on any atom is -0.380 e. The molecule has 0 aromatic rings. The van der Waals surface area contributed by atoms with Gasteiger partial charge in [0.1, 0.15) is 0 Å². The molecule has 3 nitrogen and oxygen atoms in total. The van der Waals surface area contributed by atoms with Crippen LogP contribution < -0.4 is 0 Å². The highest BCUT2D eigenvalue weighted by atomic mass is 19.4. The van der Waals surface area contributed by atoms with E-state index in [-0.39, 0.29) is 0 Å².